The number of piperazine rings is 1. The molecule has 1 saturated heterocycles. The number of aromatic nitrogens is 2. The van der Waals surface area contributed by atoms with Crippen LogP contribution in [0.3, 0.4) is 0 Å². The highest BCUT2D eigenvalue weighted by atomic mass is 16.5. The number of esters is 1. The molecule has 1 aromatic heterocycles. The summed E-state index contributed by atoms with van der Waals surface area (Å²) < 4.78 is 6.97. The van der Waals surface area contributed by atoms with Gasteiger partial charge in [-0.15, -0.1) is 0 Å². The molecule has 1 fully saturated rings. The molecule has 0 aliphatic carbocycles. The molecule has 2 amide bonds. The lowest BCUT2D eigenvalue weighted by Gasteiger charge is -2.34. The van der Waals surface area contributed by atoms with Crippen molar-refractivity contribution in [3.63, 3.8) is 0 Å². The predicted octanol–water partition coefficient (Wildman–Crippen LogP) is 3.17. The second-order valence-electron chi connectivity index (χ2n) is 8.76. The van der Waals surface area contributed by atoms with Gasteiger partial charge >= 0.3 is 5.97 Å². The molecule has 188 valence electrons. The Hall–Kier alpha value is -3.98. The van der Waals surface area contributed by atoms with Gasteiger partial charge in [-0.2, -0.15) is 5.10 Å². The van der Waals surface area contributed by atoms with Crippen LogP contribution < -0.4 is 10.6 Å². The number of carbonyl (C=O) groups is 3. The van der Waals surface area contributed by atoms with E-state index in [1.807, 2.05) is 60.7 Å². The zero-order chi connectivity index (χ0) is 25.7. The number of nitrogens with zero attached hydrogens (tertiary/aromatic N) is 3. The summed E-state index contributed by atoms with van der Waals surface area (Å²) in [5, 5.41) is 10.5. The molecule has 1 unspecified atom stereocenters. The molecular formula is C27H31N5O4. The van der Waals surface area contributed by atoms with Gasteiger partial charge in [-0.3, -0.25) is 14.5 Å². The van der Waals surface area contributed by atoms with Crippen molar-refractivity contribution in [2.24, 2.45) is 0 Å². The molecular weight excluding hydrogens is 458 g/mol. The zero-order valence-electron chi connectivity index (χ0n) is 20.8. The molecule has 2 heterocycles. The number of rotatable bonds is 8. The molecule has 0 saturated carbocycles. The molecule has 2 N–H and O–H groups in total. The van der Waals surface area contributed by atoms with Crippen molar-refractivity contribution in [3.8, 4) is 5.69 Å². The van der Waals surface area contributed by atoms with Crippen LogP contribution in [0.25, 0.3) is 5.69 Å². The van der Waals surface area contributed by atoms with Crippen LogP contribution in [0.5, 0.6) is 0 Å². The van der Waals surface area contributed by atoms with E-state index in [2.05, 4.69) is 15.7 Å². The van der Waals surface area contributed by atoms with Crippen LogP contribution in [0.1, 0.15) is 46.7 Å². The summed E-state index contributed by atoms with van der Waals surface area (Å²) in [6, 6.07) is 15.7. The van der Waals surface area contributed by atoms with E-state index in [1.54, 1.807) is 24.3 Å². The monoisotopic (exact) mass is 489 g/mol. The van der Waals surface area contributed by atoms with Gasteiger partial charge in [0.05, 0.1) is 30.1 Å². The maximum atomic E-state index is 13.0. The topological polar surface area (TPSA) is 106 Å². The third kappa shape index (κ3) is 5.46. The SMILES string of the molecule is CCCOC(=O)c1ccc(NC(=O)CN2CCNC(=O)C2c2c(C)nn(-c3ccccc3)c2C)cc1. The molecule has 9 nitrogen and oxygen atoms in total. The molecule has 2 aromatic carbocycles. The van der Waals surface area contributed by atoms with E-state index in [0.29, 0.717) is 30.9 Å². The van der Waals surface area contributed by atoms with E-state index in [9.17, 15) is 14.4 Å². The minimum atomic E-state index is -0.627. The normalized spacial score (nSPS) is 15.9. The van der Waals surface area contributed by atoms with Crippen LogP contribution in [0.2, 0.25) is 0 Å². The van der Waals surface area contributed by atoms with Gasteiger partial charge < -0.3 is 15.4 Å². The van der Waals surface area contributed by atoms with E-state index >= 15 is 0 Å². The Morgan fingerprint density at radius 1 is 1.11 bits per heavy atom. The lowest BCUT2D eigenvalue weighted by molar-refractivity contribution is -0.130. The summed E-state index contributed by atoms with van der Waals surface area (Å²) in [4.78, 5) is 39.8. The Labute approximate surface area is 210 Å². The Morgan fingerprint density at radius 3 is 2.53 bits per heavy atom. The summed E-state index contributed by atoms with van der Waals surface area (Å²) in [6.07, 6.45) is 0.751. The smallest absolute Gasteiger partial charge is 0.338 e. The van der Waals surface area contributed by atoms with E-state index < -0.39 is 12.0 Å². The lowest BCUT2D eigenvalue weighted by atomic mass is 10.00. The van der Waals surface area contributed by atoms with Gasteiger partial charge in [-0.1, -0.05) is 25.1 Å². The van der Waals surface area contributed by atoms with Crippen LogP contribution >= 0.6 is 0 Å². The highest BCUT2D eigenvalue weighted by molar-refractivity contribution is 5.94. The summed E-state index contributed by atoms with van der Waals surface area (Å²) in [6.45, 7) is 7.15. The molecule has 1 atom stereocenters. The zero-order valence-corrected chi connectivity index (χ0v) is 20.8. The fourth-order valence-corrected chi connectivity index (χ4v) is 4.42. The van der Waals surface area contributed by atoms with Crippen LogP contribution in [0, 0.1) is 13.8 Å². The third-order valence-electron chi connectivity index (χ3n) is 6.12. The van der Waals surface area contributed by atoms with Crippen LogP contribution in [0.4, 0.5) is 5.69 Å². The average Bonchev–Trinajstić information content (AvgIpc) is 3.17. The number of hydrogen-bond acceptors (Lipinski definition) is 6. The first kappa shape index (κ1) is 25.1. The van der Waals surface area contributed by atoms with E-state index in [1.165, 1.54) is 0 Å². The molecule has 1 aliphatic rings. The minimum Gasteiger partial charge on any atom is -0.462 e. The molecule has 36 heavy (non-hydrogen) atoms. The number of amides is 2. The Morgan fingerprint density at radius 2 is 1.83 bits per heavy atom. The van der Waals surface area contributed by atoms with Crippen molar-refractivity contribution in [1.29, 1.82) is 0 Å². The largest absolute Gasteiger partial charge is 0.462 e. The molecule has 0 spiro atoms. The fourth-order valence-electron chi connectivity index (χ4n) is 4.42. The lowest BCUT2D eigenvalue weighted by Crippen LogP contribution is -2.52. The van der Waals surface area contributed by atoms with Crippen molar-refractivity contribution in [3.05, 3.63) is 77.1 Å². The van der Waals surface area contributed by atoms with Gasteiger partial charge in [0.25, 0.3) is 0 Å². The van der Waals surface area contributed by atoms with E-state index in [4.69, 9.17) is 4.74 Å². The van der Waals surface area contributed by atoms with Crippen LogP contribution in [0.15, 0.2) is 54.6 Å². The van der Waals surface area contributed by atoms with Gasteiger partial charge in [0, 0.05) is 30.0 Å². The Bertz CT molecular complexity index is 1240. The number of ether oxygens (including phenoxy) is 1. The van der Waals surface area contributed by atoms with E-state index in [0.717, 1.165) is 29.1 Å². The average molecular weight is 490 g/mol. The van der Waals surface area contributed by atoms with Crippen molar-refractivity contribution >= 4 is 23.5 Å². The molecule has 0 bridgehead atoms. The number of aryl methyl sites for hydroxylation is 1. The number of carbonyl (C=O) groups excluding carboxylic acids is 3. The van der Waals surface area contributed by atoms with Crippen molar-refractivity contribution in [1.82, 2.24) is 20.0 Å². The van der Waals surface area contributed by atoms with Crippen LogP contribution in [-0.2, 0) is 14.3 Å². The minimum absolute atomic E-state index is 0.0355. The maximum absolute atomic E-state index is 13.0. The quantitative estimate of drug-likeness (QED) is 0.471. The van der Waals surface area contributed by atoms with Gasteiger partial charge in [0.1, 0.15) is 6.04 Å². The molecule has 9 heteroatoms. The highest BCUT2D eigenvalue weighted by Gasteiger charge is 2.36. The Kier molecular flexibility index (Phi) is 7.80. The summed E-state index contributed by atoms with van der Waals surface area (Å²) in [5.41, 5.74) is 4.31. The summed E-state index contributed by atoms with van der Waals surface area (Å²) >= 11 is 0. The maximum Gasteiger partial charge on any atom is 0.338 e. The number of anilines is 1. The second-order valence-corrected chi connectivity index (χ2v) is 8.76. The first-order valence-corrected chi connectivity index (χ1v) is 12.1. The van der Waals surface area contributed by atoms with Crippen molar-refractivity contribution in [2.75, 3.05) is 31.6 Å². The van der Waals surface area contributed by atoms with E-state index in [-0.39, 0.29) is 18.4 Å². The first-order valence-electron chi connectivity index (χ1n) is 12.1. The van der Waals surface area contributed by atoms with Crippen molar-refractivity contribution in [2.45, 2.75) is 33.2 Å². The fraction of sp³-hybridized carbons (Fsp3) is 0.333. The number of benzene rings is 2. The summed E-state index contributed by atoms with van der Waals surface area (Å²) in [7, 11) is 0. The number of nitrogens with one attached hydrogen (secondary N) is 2. The summed E-state index contributed by atoms with van der Waals surface area (Å²) in [5.74, 6) is -0.789. The molecule has 4 rings (SSSR count). The van der Waals surface area contributed by atoms with Gasteiger partial charge in [-0.25, -0.2) is 9.48 Å². The number of para-hydroxylation sites is 1. The highest BCUT2D eigenvalue weighted by Crippen LogP contribution is 2.30. The molecule has 0 radical (unpaired) electrons. The standard InChI is InChI=1S/C27H31N5O4/c1-4-16-36-27(35)20-10-12-21(13-11-20)29-23(33)17-31-15-14-28-26(34)25(31)24-18(2)30-32(19(24)3)22-8-6-5-7-9-22/h5-13,25H,4,14-17H2,1-3H3,(H,28,34)(H,29,33). The Balaban J connectivity index is 1.49. The van der Waals surface area contributed by atoms with Gasteiger partial charge in [-0.05, 0) is 56.7 Å². The predicted molar refractivity (Wildman–Crippen MR) is 136 cm³/mol. The third-order valence-corrected chi connectivity index (χ3v) is 6.12. The number of hydrogen-bond donors (Lipinski definition) is 2. The molecule has 3 aromatic rings. The van der Waals surface area contributed by atoms with Crippen LogP contribution in [-0.4, -0.2) is 58.7 Å². The molecule has 1 aliphatic heterocycles. The van der Waals surface area contributed by atoms with Gasteiger partial charge in [0.2, 0.25) is 11.8 Å². The van der Waals surface area contributed by atoms with Gasteiger partial charge in [0.15, 0.2) is 0 Å². The van der Waals surface area contributed by atoms with Crippen molar-refractivity contribution < 1.29 is 19.1 Å². The first-order chi connectivity index (χ1) is 17.4. The second kappa shape index (κ2) is 11.2.